The molecule has 3 rings (SSSR count). The number of rotatable bonds is 4. The molecule has 156 valence electrons. The number of aromatic hydroxyl groups is 1. The molecule has 2 amide bonds. The van der Waals surface area contributed by atoms with Crippen LogP contribution in [-0.4, -0.2) is 33.7 Å². The number of hydrazone groups is 1. The number of hydrogen-bond acceptors (Lipinski definition) is 5. The summed E-state index contributed by atoms with van der Waals surface area (Å²) in [4.78, 5) is 25.5. The number of hydrogen-bond donors (Lipinski definition) is 1. The zero-order valence-corrected chi connectivity index (χ0v) is 17.8. The first-order chi connectivity index (χ1) is 14.1. The van der Waals surface area contributed by atoms with Crippen molar-refractivity contribution in [1.29, 1.82) is 0 Å². The largest absolute Gasteiger partial charge is 0.508 e. The second-order valence-electron chi connectivity index (χ2n) is 8.32. The SMILES string of the molecule is CC1=NN(C(=O)C(C)Oc2ccc(C(C)(C)C)cc2)C(=O)/C1=C\c1ccc(O)cc1. The van der Waals surface area contributed by atoms with Gasteiger partial charge in [0.2, 0.25) is 0 Å². The summed E-state index contributed by atoms with van der Waals surface area (Å²) in [5.74, 6) is -0.341. The summed E-state index contributed by atoms with van der Waals surface area (Å²) >= 11 is 0. The molecule has 6 heteroatoms. The summed E-state index contributed by atoms with van der Waals surface area (Å²) in [5.41, 5.74) is 2.68. The van der Waals surface area contributed by atoms with E-state index in [1.807, 2.05) is 24.3 Å². The smallest absolute Gasteiger partial charge is 0.290 e. The molecule has 0 fully saturated rings. The maximum Gasteiger partial charge on any atom is 0.290 e. The first kappa shape index (κ1) is 21.3. The zero-order chi connectivity index (χ0) is 22.1. The van der Waals surface area contributed by atoms with E-state index < -0.39 is 17.9 Å². The summed E-state index contributed by atoms with van der Waals surface area (Å²) < 4.78 is 5.75. The van der Waals surface area contributed by atoms with E-state index in [4.69, 9.17) is 4.74 Å². The summed E-state index contributed by atoms with van der Waals surface area (Å²) in [6, 6.07) is 14.0. The van der Waals surface area contributed by atoms with Crippen molar-refractivity contribution in [3.8, 4) is 11.5 Å². The molecule has 2 aromatic rings. The molecular formula is C24H26N2O4. The van der Waals surface area contributed by atoms with Crippen molar-refractivity contribution in [3.05, 3.63) is 65.2 Å². The molecule has 0 aliphatic carbocycles. The lowest BCUT2D eigenvalue weighted by atomic mass is 9.87. The number of amides is 2. The molecule has 0 saturated heterocycles. The van der Waals surface area contributed by atoms with E-state index in [1.165, 1.54) is 12.1 Å². The van der Waals surface area contributed by atoms with Crippen molar-refractivity contribution < 1.29 is 19.4 Å². The number of carbonyl (C=O) groups excluding carboxylic acids is 2. The van der Waals surface area contributed by atoms with Crippen LogP contribution in [0.3, 0.4) is 0 Å². The number of imide groups is 1. The Morgan fingerprint density at radius 3 is 2.27 bits per heavy atom. The summed E-state index contributed by atoms with van der Waals surface area (Å²) in [6.45, 7) is 9.64. The Hall–Kier alpha value is -3.41. The third-order valence-electron chi connectivity index (χ3n) is 4.86. The Balaban J connectivity index is 1.72. The van der Waals surface area contributed by atoms with Gasteiger partial charge in [-0.2, -0.15) is 10.1 Å². The molecule has 1 atom stereocenters. The van der Waals surface area contributed by atoms with Crippen LogP contribution < -0.4 is 4.74 Å². The van der Waals surface area contributed by atoms with Gasteiger partial charge in [0, 0.05) is 0 Å². The number of ether oxygens (including phenoxy) is 1. The molecule has 0 spiro atoms. The summed E-state index contributed by atoms with van der Waals surface area (Å²) in [5, 5.41) is 14.4. The molecule has 1 aliphatic heterocycles. The van der Waals surface area contributed by atoms with E-state index >= 15 is 0 Å². The summed E-state index contributed by atoms with van der Waals surface area (Å²) in [6.07, 6.45) is 0.768. The molecule has 30 heavy (non-hydrogen) atoms. The van der Waals surface area contributed by atoms with Crippen LogP contribution in [0.2, 0.25) is 0 Å². The second-order valence-corrected chi connectivity index (χ2v) is 8.32. The highest BCUT2D eigenvalue weighted by Gasteiger charge is 2.35. The number of nitrogens with zero attached hydrogens (tertiary/aromatic N) is 2. The standard InChI is InChI=1S/C24H26N2O4/c1-15-21(14-17-6-10-19(27)11-7-17)23(29)26(25-15)22(28)16(2)30-20-12-8-18(9-13-20)24(3,4)5/h6-14,16,27H,1-5H3/b21-14-. The van der Waals surface area contributed by atoms with Crippen LogP contribution in [-0.2, 0) is 15.0 Å². The van der Waals surface area contributed by atoms with Gasteiger partial charge < -0.3 is 9.84 Å². The highest BCUT2D eigenvalue weighted by atomic mass is 16.5. The van der Waals surface area contributed by atoms with E-state index in [9.17, 15) is 14.7 Å². The molecule has 1 unspecified atom stereocenters. The van der Waals surface area contributed by atoms with Crippen molar-refractivity contribution >= 4 is 23.6 Å². The lowest BCUT2D eigenvalue weighted by Gasteiger charge is -2.20. The first-order valence-corrected chi connectivity index (χ1v) is 9.78. The zero-order valence-electron chi connectivity index (χ0n) is 17.8. The van der Waals surface area contributed by atoms with Crippen LogP contribution in [0.4, 0.5) is 0 Å². The minimum atomic E-state index is -0.876. The van der Waals surface area contributed by atoms with E-state index in [-0.39, 0.29) is 11.2 Å². The molecule has 1 heterocycles. The van der Waals surface area contributed by atoms with Crippen molar-refractivity contribution in [2.75, 3.05) is 0 Å². The number of carbonyl (C=O) groups is 2. The van der Waals surface area contributed by atoms with Gasteiger partial charge in [-0.3, -0.25) is 9.59 Å². The van der Waals surface area contributed by atoms with Crippen LogP contribution in [0.15, 0.2) is 59.2 Å². The topological polar surface area (TPSA) is 79.2 Å². The predicted octanol–water partition coefficient (Wildman–Crippen LogP) is 4.29. The van der Waals surface area contributed by atoms with Gasteiger partial charge in [0.15, 0.2) is 6.10 Å². The fourth-order valence-corrected chi connectivity index (χ4v) is 3.03. The van der Waals surface area contributed by atoms with Crippen LogP contribution in [0, 0.1) is 0 Å². The third-order valence-corrected chi connectivity index (χ3v) is 4.86. The Morgan fingerprint density at radius 2 is 1.70 bits per heavy atom. The fraction of sp³-hybridized carbons (Fsp3) is 0.292. The lowest BCUT2D eigenvalue weighted by molar-refractivity contribution is -0.146. The van der Waals surface area contributed by atoms with Gasteiger partial charge in [0.25, 0.3) is 11.8 Å². The van der Waals surface area contributed by atoms with Gasteiger partial charge in [-0.05, 0) is 60.7 Å². The minimum absolute atomic E-state index is 0.0222. The van der Waals surface area contributed by atoms with Gasteiger partial charge in [0.05, 0.1) is 11.3 Å². The molecule has 6 nitrogen and oxygen atoms in total. The number of benzene rings is 2. The third kappa shape index (κ3) is 4.59. The normalized spacial score (nSPS) is 16.6. The van der Waals surface area contributed by atoms with Crippen LogP contribution >= 0.6 is 0 Å². The minimum Gasteiger partial charge on any atom is -0.508 e. The van der Waals surface area contributed by atoms with Gasteiger partial charge in [0.1, 0.15) is 11.5 Å². The molecule has 0 saturated carbocycles. The maximum absolute atomic E-state index is 12.8. The van der Waals surface area contributed by atoms with Crippen molar-refractivity contribution in [2.45, 2.75) is 46.1 Å². The Kier molecular flexibility index (Phi) is 5.78. The van der Waals surface area contributed by atoms with Gasteiger partial charge in [-0.15, -0.1) is 0 Å². The molecule has 1 N–H and O–H groups in total. The molecule has 2 aromatic carbocycles. The van der Waals surface area contributed by atoms with Crippen molar-refractivity contribution in [2.24, 2.45) is 5.10 Å². The van der Waals surface area contributed by atoms with E-state index in [0.717, 1.165) is 16.1 Å². The van der Waals surface area contributed by atoms with Gasteiger partial charge in [-0.1, -0.05) is 45.0 Å². The molecular weight excluding hydrogens is 380 g/mol. The average molecular weight is 406 g/mol. The molecule has 0 radical (unpaired) electrons. The van der Waals surface area contributed by atoms with Crippen molar-refractivity contribution in [3.63, 3.8) is 0 Å². The van der Waals surface area contributed by atoms with Crippen LogP contribution in [0.5, 0.6) is 11.5 Å². The quantitative estimate of drug-likeness (QED) is 0.769. The van der Waals surface area contributed by atoms with E-state index in [2.05, 4.69) is 25.9 Å². The summed E-state index contributed by atoms with van der Waals surface area (Å²) in [7, 11) is 0. The van der Waals surface area contributed by atoms with Gasteiger partial charge in [-0.25, -0.2) is 0 Å². The molecule has 0 bridgehead atoms. The monoisotopic (exact) mass is 406 g/mol. The highest BCUT2D eigenvalue weighted by Crippen LogP contribution is 2.25. The fourth-order valence-electron chi connectivity index (χ4n) is 3.03. The number of phenolic OH excluding ortho intramolecular Hbond substituents is 1. The predicted molar refractivity (Wildman–Crippen MR) is 116 cm³/mol. The first-order valence-electron chi connectivity index (χ1n) is 9.78. The van der Waals surface area contributed by atoms with Crippen LogP contribution in [0.25, 0.3) is 6.08 Å². The van der Waals surface area contributed by atoms with Gasteiger partial charge >= 0.3 is 0 Å². The highest BCUT2D eigenvalue weighted by molar-refractivity contribution is 6.29. The maximum atomic E-state index is 12.8. The average Bonchev–Trinajstić information content (AvgIpc) is 2.97. The molecule has 0 aromatic heterocycles. The van der Waals surface area contributed by atoms with E-state index in [1.54, 1.807) is 32.1 Å². The Morgan fingerprint density at radius 1 is 1.10 bits per heavy atom. The van der Waals surface area contributed by atoms with Crippen molar-refractivity contribution in [1.82, 2.24) is 5.01 Å². The number of phenols is 1. The Bertz CT molecular complexity index is 1010. The Labute approximate surface area is 176 Å². The molecule has 1 aliphatic rings. The second kappa shape index (κ2) is 8.14. The lowest BCUT2D eigenvalue weighted by Crippen LogP contribution is -2.39. The van der Waals surface area contributed by atoms with Crippen LogP contribution in [0.1, 0.15) is 45.7 Å². The van der Waals surface area contributed by atoms with E-state index in [0.29, 0.717) is 17.0 Å².